The predicted molar refractivity (Wildman–Crippen MR) is 94.3 cm³/mol. The van der Waals surface area contributed by atoms with Gasteiger partial charge in [0.25, 0.3) is 5.91 Å². The van der Waals surface area contributed by atoms with E-state index in [4.69, 9.17) is 15.2 Å². The van der Waals surface area contributed by atoms with Crippen molar-refractivity contribution in [2.75, 3.05) is 20.8 Å². The summed E-state index contributed by atoms with van der Waals surface area (Å²) in [6, 6.07) is 3.35. The molecule has 0 aliphatic rings. The average molecular weight is 396 g/mol. The van der Waals surface area contributed by atoms with Crippen molar-refractivity contribution in [3.8, 4) is 11.5 Å². The molecule has 0 saturated carbocycles. The van der Waals surface area contributed by atoms with Crippen LogP contribution < -0.4 is 20.5 Å². The molecule has 22 heavy (non-hydrogen) atoms. The summed E-state index contributed by atoms with van der Waals surface area (Å²) in [6.45, 7) is 4.43. The van der Waals surface area contributed by atoms with Crippen molar-refractivity contribution in [3.63, 3.8) is 0 Å². The molecule has 7 heteroatoms. The molecule has 0 atom stereocenters. The fourth-order valence-electron chi connectivity index (χ4n) is 2.08. The first-order valence-electron chi connectivity index (χ1n) is 6.91. The first-order chi connectivity index (χ1) is 9.96. The van der Waals surface area contributed by atoms with Crippen LogP contribution in [0.2, 0.25) is 0 Å². The first-order valence-corrected chi connectivity index (χ1v) is 7.70. The summed E-state index contributed by atoms with van der Waals surface area (Å²) in [6.07, 6.45) is 1.55. The van der Waals surface area contributed by atoms with Crippen molar-refractivity contribution in [1.82, 2.24) is 5.32 Å². The lowest BCUT2D eigenvalue weighted by atomic mass is 9.92. The van der Waals surface area contributed by atoms with E-state index in [1.165, 1.54) is 0 Å². The molecule has 0 aliphatic carbocycles. The molecule has 0 bridgehead atoms. The number of nitrogens with two attached hydrogens (primary N) is 1. The van der Waals surface area contributed by atoms with Gasteiger partial charge < -0.3 is 20.5 Å². The van der Waals surface area contributed by atoms with Crippen molar-refractivity contribution < 1.29 is 14.3 Å². The highest BCUT2D eigenvalue weighted by Gasteiger charge is 2.27. The molecule has 126 valence electrons. The Kier molecular flexibility index (Phi) is 8.81. The Bertz CT molecular complexity index is 474. The summed E-state index contributed by atoms with van der Waals surface area (Å²) < 4.78 is 11.2. The third-order valence-corrected chi connectivity index (χ3v) is 4.61. The zero-order valence-corrected chi connectivity index (χ0v) is 15.8. The second-order valence-corrected chi connectivity index (χ2v) is 5.63. The maximum Gasteiger partial charge on any atom is 0.252 e. The van der Waals surface area contributed by atoms with E-state index >= 15 is 0 Å². The summed E-state index contributed by atoms with van der Waals surface area (Å²) in [4.78, 5) is 12.5. The largest absolute Gasteiger partial charge is 0.495 e. The maximum atomic E-state index is 12.5. The van der Waals surface area contributed by atoms with Gasteiger partial charge in [0.05, 0.1) is 19.8 Å². The SMILES string of the molecule is CCC(CC)(CN)NC(=O)c1cc(OC)c(Br)c(OC)c1.Cl. The molecule has 1 amide bonds. The van der Waals surface area contributed by atoms with Crippen LogP contribution in [0.5, 0.6) is 11.5 Å². The van der Waals surface area contributed by atoms with Crippen LogP contribution in [0, 0.1) is 0 Å². The minimum Gasteiger partial charge on any atom is -0.495 e. The Balaban J connectivity index is 0.00000441. The van der Waals surface area contributed by atoms with Gasteiger partial charge >= 0.3 is 0 Å². The molecule has 0 spiro atoms. The van der Waals surface area contributed by atoms with Crippen LogP contribution in [0.15, 0.2) is 16.6 Å². The number of carbonyl (C=O) groups is 1. The summed E-state index contributed by atoms with van der Waals surface area (Å²) >= 11 is 3.39. The number of rotatable bonds is 7. The number of hydrogen-bond donors (Lipinski definition) is 2. The fraction of sp³-hybridized carbons (Fsp3) is 0.533. The molecule has 1 rings (SSSR count). The third kappa shape index (κ3) is 4.51. The standard InChI is InChI=1S/C15H23BrN2O3.ClH/c1-5-15(6-2,9-17)18-14(19)10-7-11(20-3)13(16)12(8-10)21-4;/h7-8H,5-6,9,17H2,1-4H3,(H,18,19);1H. The van der Waals surface area contributed by atoms with Crippen LogP contribution in [-0.2, 0) is 0 Å². The van der Waals surface area contributed by atoms with Crippen LogP contribution in [0.3, 0.4) is 0 Å². The second-order valence-electron chi connectivity index (χ2n) is 4.84. The van der Waals surface area contributed by atoms with Crippen LogP contribution in [-0.4, -0.2) is 32.2 Å². The number of hydrogen-bond acceptors (Lipinski definition) is 4. The highest BCUT2D eigenvalue weighted by Crippen LogP contribution is 2.35. The van der Waals surface area contributed by atoms with E-state index in [2.05, 4.69) is 21.2 Å². The lowest BCUT2D eigenvalue weighted by Gasteiger charge is -2.31. The first kappa shape index (κ1) is 21.0. The highest BCUT2D eigenvalue weighted by molar-refractivity contribution is 9.10. The topological polar surface area (TPSA) is 73.6 Å². The van der Waals surface area contributed by atoms with Crippen molar-refractivity contribution in [1.29, 1.82) is 0 Å². The minimum absolute atomic E-state index is 0. The molecule has 3 N–H and O–H groups in total. The quantitative estimate of drug-likeness (QED) is 0.744. The highest BCUT2D eigenvalue weighted by atomic mass is 79.9. The summed E-state index contributed by atoms with van der Waals surface area (Å²) in [5, 5.41) is 3.03. The summed E-state index contributed by atoms with van der Waals surface area (Å²) in [5.74, 6) is 0.907. The fourth-order valence-corrected chi connectivity index (χ4v) is 2.63. The molecule has 0 aromatic heterocycles. The zero-order valence-electron chi connectivity index (χ0n) is 13.4. The molecule has 1 aromatic rings. The molecular weight excluding hydrogens is 372 g/mol. The van der Waals surface area contributed by atoms with E-state index in [9.17, 15) is 4.79 Å². The maximum absolute atomic E-state index is 12.5. The Hall–Kier alpha value is -0.980. The number of amides is 1. The van der Waals surface area contributed by atoms with Gasteiger partial charge in [0, 0.05) is 12.1 Å². The van der Waals surface area contributed by atoms with Gasteiger partial charge in [-0.05, 0) is 40.9 Å². The van der Waals surface area contributed by atoms with E-state index in [-0.39, 0.29) is 23.9 Å². The lowest BCUT2D eigenvalue weighted by Crippen LogP contribution is -2.52. The normalized spacial score (nSPS) is 10.6. The van der Waals surface area contributed by atoms with Crippen molar-refractivity contribution in [2.24, 2.45) is 5.73 Å². The molecule has 0 radical (unpaired) electrons. The smallest absolute Gasteiger partial charge is 0.252 e. The predicted octanol–water partition coefficient (Wildman–Crippen LogP) is 3.14. The molecule has 0 saturated heterocycles. The third-order valence-electron chi connectivity index (χ3n) is 3.83. The van der Waals surface area contributed by atoms with Gasteiger partial charge in [-0.25, -0.2) is 0 Å². The number of methoxy groups -OCH3 is 2. The van der Waals surface area contributed by atoms with E-state index in [0.29, 0.717) is 28.1 Å². The van der Waals surface area contributed by atoms with Crippen LogP contribution in [0.25, 0.3) is 0 Å². The Labute approximate surface area is 146 Å². The monoisotopic (exact) mass is 394 g/mol. The molecule has 0 unspecified atom stereocenters. The summed E-state index contributed by atoms with van der Waals surface area (Å²) in [5.41, 5.74) is 5.91. The van der Waals surface area contributed by atoms with Gasteiger partial charge in [-0.2, -0.15) is 0 Å². The van der Waals surface area contributed by atoms with Crippen LogP contribution in [0.1, 0.15) is 37.0 Å². The molecule has 0 heterocycles. The Morgan fingerprint density at radius 2 is 1.68 bits per heavy atom. The van der Waals surface area contributed by atoms with Crippen LogP contribution in [0.4, 0.5) is 0 Å². The van der Waals surface area contributed by atoms with E-state index in [0.717, 1.165) is 12.8 Å². The number of nitrogens with one attached hydrogen (secondary N) is 1. The minimum atomic E-state index is -0.384. The van der Waals surface area contributed by atoms with E-state index < -0.39 is 0 Å². The van der Waals surface area contributed by atoms with Gasteiger partial charge in [0.2, 0.25) is 0 Å². The van der Waals surface area contributed by atoms with Gasteiger partial charge in [0.15, 0.2) is 0 Å². The van der Waals surface area contributed by atoms with E-state index in [1.54, 1.807) is 26.4 Å². The van der Waals surface area contributed by atoms with Crippen molar-refractivity contribution in [3.05, 3.63) is 22.2 Å². The number of carbonyl (C=O) groups excluding carboxylic acids is 1. The second kappa shape index (κ2) is 9.22. The van der Waals surface area contributed by atoms with Gasteiger partial charge in [-0.3, -0.25) is 4.79 Å². The Morgan fingerprint density at radius 3 is 2.00 bits per heavy atom. The molecule has 5 nitrogen and oxygen atoms in total. The number of ether oxygens (including phenoxy) is 2. The molecular formula is C15H24BrClN2O3. The van der Waals surface area contributed by atoms with Gasteiger partial charge in [-0.1, -0.05) is 13.8 Å². The Morgan fingerprint density at radius 1 is 1.23 bits per heavy atom. The number of halogens is 2. The van der Waals surface area contributed by atoms with Crippen molar-refractivity contribution in [2.45, 2.75) is 32.2 Å². The molecule has 0 fully saturated rings. The van der Waals surface area contributed by atoms with Crippen molar-refractivity contribution >= 4 is 34.2 Å². The summed E-state index contributed by atoms with van der Waals surface area (Å²) in [7, 11) is 3.09. The molecule has 1 aromatic carbocycles. The zero-order chi connectivity index (χ0) is 16.0. The van der Waals surface area contributed by atoms with Gasteiger partial charge in [-0.15, -0.1) is 12.4 Å². The van der Waals surface area contributed by atoms with E-state index in [1.807, 2.05) is 13.8 Å². The number of benzene rings is 1. The lowest BCUT2D eigenvalue weighted by molar-refractivity contribution is 0.0894. The van der Waals surface area contributed by atoms with Crippen LogP contribution >= 0.6 is 28.3 Å². The average Bonchev–Trinajstić information content (AvgIpc) is 2.52. The van der Waals surface area contributed by atoms with Gasteiger partial charge in [0.1, 0.15) is 16.0 Å². The molecule has 0 aliphatic heterocycles.